The summed E-state index contributed by atoms with van der Waals surface area (Å²) in [5, 5.41) is 6.73. The number of pyridine rings is 1. The van der Waals surface area contributed by atoms with Crippen molar-refractivity contribution in [3.8, 4) is 0 Å². The second-order valence-corrected chi connectivity index (χ2v) is 5.22. The van der Waals surface area contributed by atoms with Gasteiger partial charge in [0.25, 0.3) is 0 Å². The predicted octanol–water partition coefficient (Wildman–Crippen LogP) is 3.26. The summed E-state index contributed by atoms with van der Waals surface area (Å²) in [4.78, 5) is 8.84. The van der Waals surface area contributed by atoms with Gasteiger partial charge in [-0.2, -0.15) is 0 Å². The molecule has 2 heterocycles. The molecule has 0 spiro atoms. The van der Waals surface area contributed by atoms with E-state index in [1.165, 1.54) is 0 Å². The average Bonchev–Trinajstić information content (AvgIpc) is 2.77. The van der Waals surface area contributed by atoms with Crippen LogP contribution in [0.15, 0.2) is 29.8 Å². The summed E-state index contributed by atoms with van der Waals surface area (Å²) < 4.78 is 0. The lowest BCUT2D eigenvalue weighted by Gasteiger charge is -2.18. The first-order chi connectivity index (χ1) is 8.16. The van der Waals surface area contributed by atoms with Crippen LogP contribution in [0.2, 0.25) is 0 Å². The molecule has 3 nitrogen and oxygen atoms in total. The van der Waals surface area contributed by atoms with Crippen molar-refractivity contribution in [2.75, 3.05) is 0 Å². The van der Waals surface area contributed by atoms with E-state index in [2.05, 4.69) is 34.5 Å². The predicted molar refractivity (Wildman–Crippen MR) is 71.1 cm³/mol. The summed E-state index contributed by atoms with van der Waals surface area (Å²) in [6.07, 6.45) is 1.82. The molecule has 0 aliphatic rings. The maximum atomic E-state index is 4.49. The Balaban J connectivity index is 2.02. The molecule has 17 heavy (non-hydrogen) atoms. The Bertz CT molecular complexity index is 467. The summed E-state index contributed by atoms with van der Waals surface area (Å²) in [7, 11) is 0. The minimum absolute atomic E-state index is 0.230. The van der Waals surface area contributed by atoms with Gasteiger partial charge >= 0.3 is 0 Å². The van der Waals surface area contributed by atoms with Crippen molar-refractivity contribution in [1.29, 1.82) is 0 Å². The number of aromatic nitrogens is 2. The molecule has 4 heteroatoms. The first-order valence-electron chi connectivity index (χ1n) is 5.76. The van der Waals surface area contributed by atoms with Crippen molar-refractivity contribution >= 4 is 11.3 Å². The fourth-order valence-corrected chi connectivity index (χ4v) is 2.46. The Morgan fingerprint density at radius 2 is 1.94 bits per heavy atom. The van der Waals surface area contributed by atoms with Crippen molar-refractivity contribution in [3.05, 3.63) is 46.2 Å². The molecule has 0 fully saturated rings. The zero-order valence-electron chi connectivity index (χ0n) is 10.3. The molecule has 90 valence electrons. The largest absolute Gasteiger partial charge is 0.301 e. The van der Waals surface area contributed by atoms with E-state index in [-0.39, 0.29) is 12.1 Å². The maximum Gasteiger partial charge on any atom is 0.0898 e. The highest BCUT2D eigenvalue weighted by Gasteiger charge is 2.13. The molecule has 0 bridgehead atoms. The topological polar surface area (TPSA) is 37.8 Å². The Morgan fingerprint density at radius 3 is 2.53 bits per heavy atom. The standard InChI is InChI=1S/C13H17N3S/c1-9(12-6-4-5-7-14-12)15-10(2)13-8-17-11(3)16-13/h4-10,15H,1-3H3. The van der Waals surface area contributed by atoms with Gasteiger partial charge in [0.2, 0.25) is 0 Å². The van der Waals surface area contributed by atoms with Crippen molar-refractivity contribution in [2.45, 2.75) is 32.9 Å². The van der Waals surface area contributed by atoms with Crippen LogP contribution in [0.25, 0.3) is 0 Å². The van der Waals surface area contributed by atoms with Crippen molar-refractivity contribution < 1.29 is 0 Å². The molecule has 0 aliphatic heterocycles. The fourth-order valence-electron chi connectivity index (χ4n) is 1.76. The van der Waals surface area contributed by atoms with Crippen LogP contribution in [0.1, 0.15) is 42.3 Å². The Labute approximate surface area is 106 Å². The third-order valence-corrected chi connectivity index (χ3v) is 3.50. The molecule has 0 amide bonds. The Kier molecular flexibility index (Phi) is 3.86. The van der Waals surface area contributed by atoms with Crippen molar-refractivity contribution in [2.24, 2.45) is 0 Å². The molecule has 2 aromatic heterocycles. The minimum atomic E-state index is 0.230. The van der Waals surface area contributed by atoms with Gasteiger partial charge in [-0.1, -0.05) is 6.07 Å². The highest BCUT2D eigenvalue weighted by atomic mass is 32.1. The van der Waals surface area contributed by atoms with Crippen LogP contribution in [0.4, 0.5) is 0 Å². The molecule has 2 atom stereocenters. The van der Waals surface area contributed by atoms with Crippen LogP contribution in [0, 0.1) is 6.92 Å². The highest BCUT2D eigenvalue weighted by molar-refractivity contribution is 7.09. The van der Waals surface area contributed by atoms with Gasteiger partial charge in [-0.15, -0.1) is 11.3 Å². The summed E-state index contributed by atoms with van der Waals surface area (Å²) in [5.41, 5.74) is 2.17. The average molecular weight is 247 g/mol. The lowest BCUT2D eigenvalue weighted by atomic mass is 10.1. The van der Waals surface area contributed by atoms with Crippen LogP contribution < -0.4 is 5.32 Å². The quantitative estimate of drug-likeness (QED) is 0.901. The highest BCUT2D eigenvalue weighted by Crippen LogP contribution is 2.19. The van der Waals surface area contributed by atoms with E-state index >= 15 is 0 Å². The molecule has 2 unspecified atom stereocenters. The van der Waals surface area contributed by atoms with Crippen LogP contribution in [0.3, 0.4) is 0 Å². The lowest BCUT2D eigenvalue weighted by molar-refractivity contribution is 0.479. The number of aryl methyl sites for hydroxylation is 1. The molecule has 0 radical (unpaired) electrons. The monoisotopic (exact) mass is 247 g/mol. The third-order valence-electron chi connectivity index (χ3n) is 2.71. The molecule has 0 aromatic carbocycles. The number of rotatable bonds is 4. The van der Waals surface area contributed by atoms with Gasteiger partial charge in [0, 0.05) is 23.7 Å². The maximum absolute atomic E-state index is 4.49. The van der Waals surface area contributed by atoms with Gasteiger partial charge in [0.15, 0.2) is 0 Å². The zero-order chi connectivity index (χ0) is 12.3. The fraction of sp³-hybridized carbons (Fsp3) is 0.385. The van der Waals surface area contributed by atoms with E-state index in [0.29, 0.717) is 0 Å². The Morgan fingerprint density at radius 1 is 1.18 bits per heavy atom. The molecule has 0 saturated heterocycles. The van der Waals surface area contributed by atoms with Crippen LogP contribution >= 0.6 is 11.3 Å². The smallest absolute Gasteiger partial charge is 0.0898 e. The van der Waals surface area contributed by atoms with E-state index in [4.69, 9.17) is 0 Å². The van der Waals surface area contributed by atoms with E-state index in [0.717, 1.165) is 16.4 Å². The van der Waals surface area contributed by atoms with Crippen LogP contribution in [-0.4, -0.2) is 9.97 Å². The summed E-state index contributed by atoms with van der Waals surface area (Å²) in [5.74, 6) is 0. The van der Waals surface area contributed by atoms with Gasteiger partial charge in [-0.25, -0.2) is 4.98 Å². The Hall–Kier alpha value is -1.26. The summed E-state index contributed by atoms with van der Waals surface area (Å²) in [6.45, 7) is 6.29. The van der Waals surface area contributed by atoms with E-state index < -0.39 is 0 Å². The third kappa shape index (κ3) is 3.11. The van der Waals surface area contributed by atoms with Crippen LogP contribution in [0.5, 0.6) is 0 Å². The number of nitrogens with zero attached hydrogens (tertiary/aromatic N) is 2. The summed E-state index contributed by atoms with van der Waals surface area (Å²) >= 11 is 1.69. The molecule has 0 aliphatic carbocycles. The van der Waals surface area contributed by atoms with Gasteiger partial charge in [0.05, 0.1) is 16.4 Å². The second-order valence-electron chi connectivity index (χ2n) is 4.16. The van der Waals surface area contributed by atoms with Crippen molar-refractivity contribution in [3.63, 3.8) is 0 Å². The lowest BCUT2D eigenvalue weighted by Crippen LogP contribution is -2.23. The normalized spacial score (nSPS) is 14.5. The number of thiazole rings is 1. The van der Waals surface area contributed by atoms with E-state index in [1.807, 2.05) is 31.3 Å². The number of hydrogen-bond donors (Lipinski definition) is 1. The number of nitrogens with one attached hydrogen (secondary N) is 1. The molecule has 1 N–H and O–H groups in total. The SMILES string of the molecule is Cc1nc(C(C)NC(C)c2ccccn2)cs1. The van der Waals surface area contributed by atoms with Gasteiger partial charge < -0.3 is 5.32 Å². The van der Waals surface area contributed by atoms with E-state index in [9.17, 15) is 0 Å². The minimum Gasteiger partial charge on any atom is -0.301 e. The molecule has 0 saturated carbocycles. The molecular weight excluding hydrogens is 230 g/mol. The van der Waals surface area contributed by atoms with Crippen molar-refractivity contribution in [1.82, 2.24) is 15.3 Å². The van der Waals surface area contributed by atoms with Gasteiger partial charge in [-0.05, 0) is 32.9 Å². The molecule has 2 aromatic rings. The molecular formula is C13H17N3S. The first kappa shape index (κ1) is 12.2. The van der Waals surface area contributed by atoms with Gasteiger partial charge in [0.1, 0.15) is 0 Å². The second kappa shape index (κ2) is 5.38. The van der Waals surface area contributed by atoms with Gasteiger partial charge in [-0.3, -0.25) is 4.98 Å². The van der Waals surface area contributed by atoms with E-state index in [1.54, 1.807) is 11.3 Å². The summed E-state index contributed by atoms with van der Waals surface area (Å²) in [6, 6.07) is 6.46. The number of hydrogen-bond acceptors (Lipinski definition) is 4. The van der Waals surface area contributed by atoms with Crippen LogP contribution in [-0.2, 0) is 0 Å². The zero-order valence-corrected chi connectivity index (χ0v) is 11.2. The first-order valence-corrected chi connectivity index (χ1v) is 6.64. The molecule has 2 rings (SSSR count).